The molecule has 0 spiro atoms. The maximum absolute atomic E-state index is 11.7. The van der Waals surface area contributed by atoms with Crippen LogP contribution in [0.25, 0.3) is 0 Å². The van der Waals surface area contributed by atoms with Crippen molar-refractivity contribution in [3.8, 4) is 143 Å². The fourth-order valence-corrected chi connectivity index (χ4v) is 7.79. The first-order valence-electron chi connectivity index (χ1n) is 16.8. The number of rotatable bonds is 7. The Morgan fingerprint density at radius 3 is 1.00 bits per heavy atom. The number of hydrogen-bond acceptors (Lipinski definition) is 3. The third kappa shape index (κ3) is 18.1. The van der Waals surface area contributed by atoms with Gasteiger partial charge in [-0.05, 0) is 70.6 Å². The van der Waals surface area contributed by atoms with Crippen molar-refractivity contribution in [2.75, 3.05) is 0 Å². The van der Waals surface area contributed by atoms with Crippen LogP contribution in [0.2, 0.25) is 0 Å². The summed E-state index contributed by atoms with van der Waals surface area (Å²) >= 11 is -0.346. The summed E-state index contributed by atoms with van der Waals surface area (Å²) in [6, 6.07) is 34.3. The normalized spacial score (nSPS) is 9.36. The molecule has 0 aromatic heterocycles. The van der Waals surface area contributed by atoms with Gasteiger partial charge < -0.3 is 16.6 Å². The molecule has 5 N–H and O–H groups in total. The van der Waals surface area contributed by atoms with E-state index in [9.17, 15) is 5.11 Å². The summed E-state index contributed by atoms with van der Waals surface area (Å²) in [4.78, 5) is 0. The summed E-state index contributed by atoms with van der Waals surface area (Å²) < 4.78 is 0. The molecule has 0 saturated heterocycles. The van der Waals surface area contributed by atoms with Gasteiger partial charge in [-0.15, -0.1) is 25.7 Å². The molecule has 3 nitrogen and oxygen atoms in total. The van der Waals surface area contributed by atoms with Gasteiger partial charge >= 0.3 is 34.5 Å². The van der Waals surface area contributed by atoms with E-state index >= 15 is 0 Å². The average molecular weight is 923 g/mol. The van der Waals surface area contributed by atoms with Crippen LogP contribution in [0.5, 0.6) is 0 Å². The molecule has 0 fully saturated rings. The summed E-state index contributed by atoms with van der Waals surface area (Å²) in [5, 5.41) is 13.2. The molecule has 280 valence electrons. The van der Waals surface area contributed by atoms with E-state index in [-0.39, 0.29) is 27.2 Å². The molecule has 0 aliphatic carbocycles. The zero-order valence-corrected chi connectivity index (χ0v) is 36.4. The summed E-state index contributed by atoms with van der Waals surface area (Å²) in [5.41, 5.74) is 28.0. The second-order valence-electron chi connectivity index (χ2n) is 10.8. The van der Waals surface area contributed by atoms with Crippen molar-refractivity contribution in [3.63, 3.8) is 0 Å². The summed E-state index contributed by atoms with van der Waals surface area (Å²) in [6.07, 6.45) is 19.8. The molecule has 0 saturated carbocycles. The molecule has 0 aliphatic rings. The molecule has 4 aromatic rings. The van der Waals surface area contributed by atoms with Crippen LogP contribution < -0.4 is 22.1 Å². The van der Waals surface area contributed by atoms with E-state index in [1.807, 2.05) is 109 Å². The minimum absolute atomic E-state index is 0.163. The Balaban J connectivity index is 0.000000518. The van der Waals surface area contributed by atoms with Gasteiger partial charge in [-0.3, -0.25) is 0 Å². The zero-order chi connectivity index (χ0) is 42.9. The number of terminal acetylenes is 4. The molecule has 2 unspecified atom stereocenters. The van der Waals surface area contributed by atoms with E-state index < -0.39 is 21.9 Å². The Morgan fingerprint density at radius 2 is 0.712 bits per heavy atom. The van der Waals surface area contributed by atoms with E-state index in [0.29, 0.717) is 11.1 Å². The standard InChI is InChI=1S/C37H14OP2.C14H16N2.2ClH.Ru/c1-5-9-13-21-29-39(30-22-14-10-6-2)35-27-19-17-25-33(35)37(38)34-26-18-20-28-36(34)40(31-23-15-11-7-3)32-24-16-12-8-4;15-13(11-7-3-1-4-8-11)14(16)12-9-5-2-6-10-12;;;/h1-4,17-20,25-28,37-38H;1-10,13-14H,15-16H2;2*1H;/q;;;;+4. The van der Waals surface area contributed by atoms with Gasteiger partial charge in [0.1, 0.15) is 39.4 Å². The Labute approximate surface area is 367 Å². The number of benzene rings is 4. The maximum atomic E-state index is 11.7. The third-order valence-corrected chi connectivity index (χ3v) is 10.8. The number of nitrogens with two attached hydrogens (primary N) is 2. The Morgan fingerprint density at radius 1 is 0.441 bits per heavy atom. The number of halogens is 2. The predicted octanol–water partition coefficient (Wildman–Crippen LogP) is 6.60. The van der Waals surface area contributed by atoms with E-state index in [1.165, 1.54) is 0 Å². The molecule has 0 bridgehead atoms. The van der Waals surface area contributed by atoms with Crippen LogP contribution in [0.1, 0.15) is 40.4 Å². The molecule has 4 aromatic carbocycles. The molecule has 0 amide bonds. The second kappa shape index (κ2) is 30.7. The van der Waals surface area contributed by atoms with Crippen LogP contribution in [0.4, 0.5) is 0 Å². The second-order valence-corrected chi connectivity index (χ2v) is 17.0. The van der Waals surface area contributed by atoms with Crippen molar-refractivity contribution in [1.82, 2.24) is 0 Å². The van der Waals surface area contributed by atoms with Crippen LogP contribution in [0.15, 0.2) is 109 Å². The van der Waals surface area contributed by atoms with Gasteiger partial charge in [0.25, 0.3) is 0 Å². The number of hydrogen-bond donors (Lipinski definition) is 3. The van der Waals surface area contributed by atoms with Gasteiger partial charge in [-0.25, -0.2) is 0 Å². The molecule has 0 heterocycles. The van der Waals surface area contributed by atoms with Crippen molar-refractivity contribution in [2.24, 2.45) is 11.5 Å². The molecule has 4 rings (SSSR count). The summed E-state index contributed by atoms with van der Waals surface area (Å²) in [6.45, 7) is 0. The summed E-state index contributed by atoms with van der Waals surface area (Å²) in [7, 11) is 5.94. The first-order chi connectivity index (χ1) is 28.9. The molecular formula is C51H32Cl2N2OP2Ru+4. The molecule has 2 atom stereocenters. The van der Waals surface area contributed by atoms with Gasteiger partial charge in [-0.1, -0.05) is 97.1 Å². The zero-order valence-electron chi connectivity index (χ0n) is 31.1. The van der Waals surface area contributed by atoms with Crippen LogP contribution in [0.3, 0.4) is 0 Å². The SMILES string of the molecule is C#CC#CC#C[PH+](C#CC#CC#C)c1ccccc1C(O)c1ccccc1[PH+](C#CC#CC#C)C#CC#CC#C.NC(c1ccccc1)C(N)c1ccccc1.[Cl][Ru+2][Cl]. The summed E-state index contributed by atoms with van der Waals surface area (Å²) in [5.74, 6) is 40.2. The first-order valence-corrected chi connectivity index (χ1v) is 24.3. The van der Waals surface area contributed by atoms with Gasteiger partial charge in [-0.2, -0.15) is 0 Å². The first kappa shape index (κ1) is 48.7. The van der Waals surface area contributed by atoms with Crippen LogP contribution in [-0.4, -0.2) is 5.11 Å². The van der Waals surface area contributed by atoms with E-state index in [1.54, 1.807) is 0 Å². The van der Waals surface area contributed by atoms with Gasteiger partial charge in [0.05, 0.1) is 0 Å². The van der Waals surface area contributed by atoms with E-state index in [2.05, 4.69) is 117 Å². The van der Waals surface area contributed by atoms with Gasteiger partial charge in [0.15, 0.2) is 15.8 Å². The Hall–Kier alpha value is -6.46. The number of aliphatic hydroxyl groups is 1. The molecule has 8 heteroatoms. The molecule has 0 radical (unpaired) electrons. The average Bonchev–Trinajstić information content (AvgIpc) is 3.28. The van der Waals surface area contributed by atoms with Crippen molar-refractivity contribution in [3.05, 3.63) is 131 Å². The Bertz CT molecular complexity index is 2450. The van der Waals surface area contributed by atoms with Crippen molar-refractivity contribution in [2.45, 2.75) is 18.2 Å². The molecule has 0 aliphatic heterocycles. The number of aliphatic hydroxyl groups excluding tert-OH is 1. The van der Waals surface area contributed by atoms with Crippen molar-refractivity contribution >= 4 is 45.8 Å². The van der Waals surface area contributed by atoms with Crippen molar-refractivity contribution in [1.29, 1.82) is 0 Å². The Kier molecular flexibility index (Phi) is 25.3. The van der Waals surface area contributed by atoms with Crippen LogP contribution in [-0.2, 0) is 15.1 Å². The quantitative estimate of drug-likeness (QED) is 0.111. The third-order valence-electron chi connectivity index (χ3n) is 7.34. The topological polar surface area (TPSA) is 72.3 Å². The monoisotopic (exact) mass is 922 g/mol. The van der Waals surface area contributed by atoms with Crippen LogP contribution in [0, 0.1) is 143 Å². The van der Waals surface area contributed by atoms with E-state index in [0.717, 1.165) is 21.7 Å². The molecule has 59 heavy (non-hydrogen) atoms. The fourth-order valence-electron chi connectivity index (χ4n) is 4.84. The van der Waals surface area contributed by atoms with Crippen molar-refractivity contribution < 1.29 is 20.3 Å². The minimum atomic E-state index is -1.88. The van der Waals surface area contributed by atoms with E-state index in [4.69, 9.17) is 56.5 Å². The predicted molar refractivity (Wildman–Crippen MR) is 249 cm³/mol. The fraction of sp³-hybridized carbons (Fsp3) is 0.0588. The van der Waals surface area contributed by atoms with Gasteiger partial charge in [0.2, 0.25) is 0 Å². The van der Waals surface area contributed by atoms with Gasteiger partial charge in [0, 0.05) is 70.6 Å². The van der Waals surface area contributed by atoms with Crippen LogP contribution >= 0.6 is 35.2 Å². The molecular weight excluding hydrogens is 890 g/mol.